The Morgan fingerprint density at radius 2 is 2.15 bits per heavy atom. The van der Waals surface area contributed by atoms with Crippen LogP contribution in [-0.2, 0) is 0 Å². The molecule has 0 radical (unpaired) electrons. The molecule has 3 rings (SSSR count). The molecule has 1 aromatic heterocycles. The number of hydrogen-bond donors (Lipinski definition) is 1. The Morgan fingerprint density at radius 1 is 1.35 bits per heavy atom. The summed E-state index contributed by atoms with van der Waals surface area (Å²) in [5.41, 5.74) is 1.08. The fourth-order valence-electron chi connectivity index (χ4n) is 2.30. The lowest BCUT2D eigenvalue weighted by Crippen LogP contribution is -2.43. The molecule has 0 unspecified atom stereocenters. The molecule has 0 bridgehead atoms. The number of aromatic nitrogens is 1. The van der Waals surface area contributed by atoms with Crippen molar-refractivity contribution in [3.63, 3.8) is 0 Å². The van der Waals surface area contributed by atoms with Gasteiger partial charge in [-0.25, -0.2) is 9.37 Å². The van der Waals surface area contributed by atoms with E-state index in [0.29, 0.717) is 17.0 Å². The lowest BCUT2D eigenvalue weighted by Gasteiger charge is -2.26. The van der Waals surface area contributed by atoms with Crippen molar-refractivity contribution in [2.75, 3.05) is 38.2 Å². The first-order valence-electron chi connectivity index (χ1n) is 6.53. The zero-order chi connectivity index (χ0) is 13.9. The predicted molar refractivity (Wildman–Crippen MR) is 79.1 cm³/mol. The quantitative estimate of drug-likeness (QED) is 0.943. The number of ether oxygens (including phenoxy) is 1. The van der Waals surface area contributed by atoms with Crippen molar-refractivity contribution < 1.29 is 9.13 Å². The van der Waals surface area contributed by atoms with Gasteiger partial charge in [-0.2, -0.15) is 0 Å². The Kier molecular flexibility index (Phi) is 3.84. The van der Waals surface area contributed by atoms with Gasteiger partial charge < -0.3 is 15.0 Å². The van der Waals surface area contributed by atoms with E-state index in [1.165, 1.54) is 6.07 Å². The van der Waals surface area contributed by atoms with Gasteiger partial charge in [-0.1, -0.05) is 6.07 Å². The van der Waals surface area contributed by atoms with Crippen molar-refractivity contribution >= 4 is 16.5 Å². The lowest BCUT2D eigenvalue weighted by atomic mass is 10.1. The first-order valence-corrected chi connectivity index (χ1v) is 7.41. The van der Waals surface area contributed by atoms with Crippen molar-refractivity contribution in [3.8, 4) is 17.0 Å². The number of nitrogens with one attached hydrogen (secondary N) is 1. The van der Waals surface area contributed by atoms with Gasteiger partial charge in [-0.05, 0) is 12.1 Å². The second-order valence-corrected chi connectivity index (χ2v) is 5.41. The number of hydrogen-bond acceptors (Lipinski definition) is 5. The summed E-state index contributed by atoms with van der Waals surface area (Å²) in [5, 5.41) is 6.13. The Labute approximate surface area is 121 Å². The van der Waals surface area contributed by atoms with E-state index in [2.05, 4.69) is 15.2 Å². The summed E-state index contributed by atoms with van der Waals surface area (Å²) in [7, 11) is 1.54. The molecule has 1 aliphatic rings. The van der Waals surface area contributed by atoms with Crippen molar-refractivity contribution in [3.05, 3.63) is 29.4 Å². The topological polar surface area (TPSA) is 37.4 Å². The molecule has 1 aliphatic heterocycles. The van der Waals surface area contributed by atoms with Crippen molar-refractivity contribution in [1.29, 1.82) is 0 Å². The van der Waals surface area contributed by atoms with Gasteiger partial charge in [-0.15, -0.1) is 11.3 Å². The van der Waals surface area contributed by atoms with E-state index in [9.17, 15) is 4.39 Å². The van der Waals surface area contributed by atoms with Gasteiger partial charge >= 0.3 is 0 Å². The molecule has 1 saturated heterocycles. The van der Waals surface area contributed by atoms with Gasteiger partial charge in [0.05, 0.1) is 18.4 Å². The SMILES string of the molecule is COc1cccc(F)c1-c1csc(N2CCNCC2)n1. The monoisotopic (exact) mass is 293 g/mol. The van der Waals surface area contributed by atoms with Crippen LogP contribution in [0.5, 0.6) is 5.75 Å². The number of anilines is 1. The number of halogens is 1. The smallest absolute Gasteiger partial charge is 0.185 e. The van der Waals surface area contributed by atoms with E-state index in [0.717, 1.165) is 31.3 Å². The highest BCUT2D eigenvalue weighted by molar-refractivity contribution is 7.14. The zero-order valence-corrected chi connectivity index (χ0v) is 12.0. The van der Waals surface area contributed by atoms with Gasteiger partial charge in [0.1, 0.15) is 11.6 Å². The average molecular weight is 293 g/mol. The predicted octanol–water partition coefficient (Wildman–Crippen LogP) is 2.37. The third kappa shape index (κ3) is 2.48. The van der Waals surface area contributed by atoms with Gasteiger partial charge in [0, 0.05) is 31.6 Å². The second-order valence-electron chi connectivity index (χ2n) is 4.57. The van der Waals surface area contributed by atoms with Crippen LogP contribution in [0.25, 0.3) is 11.3 Å². The van der Waals surface area contributed by atoms with Gasteiger partial charge in [0.15, 0.2) is 5.13 Å². The van der Waals surface area contributed by atoms with Crippen molar-refractivity contribution in [1.82, 2.24) is 10.3 Å². The largest absolute Gasteiger partial charge is 0.496 e. The van der Waals surface area contributed by atoms with Crippen LogP contribution in [0.1, 0.15) is 0 Å². The Morgan fingerprint density at radius 3 is 2.90 bits per heavy atom. The third-order valence-corrected chi connectivity index (χ3v) is 4.23. The molecule has 0 spiro atoms. The van der Waals surface area contributed by atoms with Crippen LogP contribution in [0, 0.1) is 5.82 Å². The van der Waals surface area contributed by atoms with Crippen LogP contribution in [0.15, 0.2) is 23.6 Å². The summed E-state index contributed by atoms with van der Waals surface area (Å²) < 4.78 is 19.3. The van der Waals surface area contributed by atoms with E-state index in [1.54, 1.807) is 30.6 Å². The number of rotatable bonds is 3. The molecule has 1 aromatic carbocycles. The van der Waals surface area contributed by atoms with Crippen LogP contribution >= 0.6 is 11.3 Å². The highest BCUT2D eigenvalue weighted by Crippen LogP contribution is 2.35. The minimum absolute atomic E-state index is 0.304. The van der Waals surface area contributed by atoms with Gasteiger partial charge in [0.25, 0.3) is 0 Å². The normalized spacial score (nSPS) is 15.4. The molecular formula is C14H16FN3OS. The average Bonchev–Trinajstić information content (AvgIpc) is 2.97. The molecule has 0 atom stereocenters. The maximum atomic E-state index is 14.0. The Hall–Kier alpha value is -1.66. The summed E-state index contributed by atoms with van der Waals surface area (Å²) in [6.07, 6.45) is 0. The lowest BCUT2D eigenvalue weighted by molar-refractivity contribution is 0.413. The fraction of sp³-hybridized carbons (Fsp3) is 0.357. The minimum Gasteiger partial charge on any atom is -0.496 e. The highest BCUT2D eigenvalue weighted by atomic mass is 32.1. The maximum absolute atomic E-state index is 14.0. The van der Waals surface area contributed by atoms with Gasteiger partial charge in [0.2, 0.25) is 0 Å². The maximum Gasteiger partial charge on any atom is 0.185 e. The van der Waals surface area contributed by atoms with E-state index in [4.69, 9.17) is 4.74 Å². The Bertz CT molecular complexity index is 596. The number of benzene rings is 1. The second kappa shape index (κ2) is 5.76. The molecule has 0 amide bonds. The van der Waals surface area contributed by atoms with E-state index >= 15 is 0 Å². The Balaban J connectivity index is 1.93. The fourth-order valence-corrected chi connectivity index (χ4v) is 3.17. The number of nitrogens with zero attached hydrogens (tertiary/aromatic N) is 2. The minimum atomic E-state index is -0.304. The molecule has 0 aliphatic carbocycles. The molecule has 106 valence electrons. The summed E-state index contributed by atoms with van der Waals surface area (Å²) in [6, 6.07) is 4.82. The molecule has 1 fully saturated rings. The molecular weight excluding hydrogens is 277 g/mol. The summed E-state index contributed by atoms with van der Waals surface area (Å²) in [6.45, 7) is 3.78. The van der Waals surface area contributed by atoms with E-state index < -0.39 is 0 Å². The zero-order valence-electron chi connectivity index (χ0n) is 11.2. The van der Waals surface area contributed by atoms with Crippen LogP contribution in [0.2, 0.25) is 0 Å². The first-order chi connectivity index (χ1) is 9.79. The summed E-state index contributed by atoms with van der Waals surface area (Å²) >= 11 is 1.54. The van der Waals surface area contributed by atoms with E-state index in [1.807, 2.05) is 5.38 Å². The first kappa shape index (κ1) is 13.3. The highest BCUT2D eigenvalue weighted by Gasteiger charge is 2.18. The third-order valence-electron chi connectivity index (χ3n) is 3.33. The molecule has 4 nitrogen and oxygen atoms in total. The van der Waals surface area contributed by atoms with Crippen molar-refractivity contribution in [2.24, 2.45) is 0 Å². The van der Waals surface area contributed by atoms with Crippen LogP contribution < -0.4 is 15.0 Å². The summed E-state index contributed by atoms with van der Waals surface area (Å²) in [5.74, 6) is 0.212. The van der Waals surface area contributed by atoms with Gasteiger partial charge in [-0.3, -0.25) is 0 Å². The molecule has 2 heterocycles. The molecule has 20 heavy (non-hydrogen) atoms. The van der Waals surface area contributed by atoms with E-state index in [-0.39, 0.29) is 5.82 Å². The number of methoxy groups -OCH3 is 1. The standard InChI is InChI=1S/C14H16FN3OS/c1-19-12-4-2-3-10(15)13(12)11-9-20-14(17-11)18-7-5-16-6-8-18/h2-4,9,16H,5-8H2,1H3. The number of thiazole rings is 1. The molecule has 2 aromatic rings. The number of piperazine rings is 1. The summed E-state index contributed by atoms with van der Waals surface area (Å²) in [4.78, 5) is 6.79. The van der Waals surface area contributed by atoms with Crippen LogP contribution in [0.4, 0.5) is 9.52 Å². The molecule has 6 heteroatoms. The van der Waals surface area contributed by atoms with Crippen LogP contribution in [-0.4, -0.2) is 38.3 Å². The molecule has 1 N–H and O–H groups in total. The van der Waals surface area contributed by atoms with Crippen LogP contribution in [0.3, 0.4) is 0 Å². The molecule has 0 saturated carbocycles. The van der Waals surface area contributed by atoms with Crippen molar-refractivity contribution in [2.45, 2.75) is 0 Å².